The molecule has 5 nitrogen and oxygen atoms in total. The summed E-state index contributed by atoms with van der Waals surface area (Å²) >= 11 is 1.77. The largest absolute Gasteiger partial charge is 0.228 e. The summed E-state index contributed by atoms with van der Waals surface area (Å²) in [6.07, 6.45) is 0. The lowest BCUT2D eigenvalue weighted by molar-refractivity contribution is 1.08. The summed E-state index contributed by atoms with van der Waals surface area (Å²) in [5.41, 5.74) is 9.99. The Kier molecular flexibility index (Phi) is 8.28. The van der Waals surface area contributed by atoms with E-state index in [2.05, 4.69) is 91.0 Å². The molecule has 0 saturated heterocycles. The number of aromatic nitrogens is 5. The second-order valence-electron chi connectivity index (χ2n) is 13.3. The number of rotatable bonds is 7. The predicted molar refractivity (Wildman–Crippen MR) is 226 cm³/mol. The molecule has 0 fully saturated rings. The van der Waals surface area contributed by atoms with Crippen molar-refractivity contribution in [2.75, 3.05) is 0 Å². The van der Waals surface area contributed by atoms with Crippen LogP contribution in [0, 0.1) is 0 Å². The average Bonchev–Trinajstić information content (AvgIpc) is 3.66. The van der Waals surface area contributed by atoms with E-state index in [1.165, 1.54) is 15.5 Å². The van der Waals surface area contributed by atoms with E-state index >= 15 is 0 Å². The maximum atomic E-state index is 5.08. The number of hydrogen-bond acceptors (Lipinski definition) is 6. The fraction of sp³-hybridized carbons (Fsp3) is 0. The van der Waals surface area contributed by atoms with Gasteiger partial charge in [-0.2, -0.15) is 0 Å². The molecular formula is C49H31N5S. The van der Waals surface area contributed by atoms with Crippen molar-refractivity contribution in [1.29, 1.82) is 0 Å². The Bertz CT molecular complexity index is 2850. The Morgan fingerprint density at radius 2 is 0.764 bits per heavy atom. The van der Waals surface area contributed by atoms with Gasteiger partial charge in [0.05, 0.1) is 11.4 Å². The highest BCUT2D eigenvalue weighted by atomic mass is 32.1. The fourth-order valence-electron chi connectivity index (χ4n) is 7.01. The monoisotopic (exact) mass is 721 g/mol. The van der Waals surface area contributed by atoms with Gasteiger partial charge in [0, 0.05) is 53.6 Å². The first-order chi connectivity index (χ1) is 27.2. The fourth-order valence-corrected chi connectivity index (χ4v) is 8.20. The predicted octanol–water partition coefficient (Wildman–Crippen LogP) is 12.7. The zero-order chi connectivity index (χ0) is 36.6. The van der Waals surface area contributed by atoms with Crippen LogP contribution < -0.4 is 0 Å². The Labute approximate surface area is 322 Å². The molecule has 0 unspecified atom stereocenters. The summed E-state index contributed by atoms with van der Waals surface area (Å²) in [4.78, 5) is 25.1. The molecule has 0 radical (unpaired) electrons. The van der Waals surface area contributed by atoms with E-state index < -0.39 is 0 Å². The van der Waals surface area contributed by atoms with Gasteiger partial charge < -0.3 is 0 Å². The highest BCUT2D eigenvalue weighted by molar-refractivity contribution is 7.26. The molecule has 0 spiro atoms. The van der Waals surface area contributed by atoms with Gasteiger partial charge in [-0.05, 0) is 41.5 Å². The number of nitrogens with zero attached hydrogens (tertiary/aromatic N) is 5. The second-order valence-corrected chi connectivity index (χ2v) is 14.4. The average molecular weight is 722 g/mol. The van der Waals surface area contributed by atoms with Crippen molar-refractivity contribution in [2.45, 2.75) is 0 Å². The normalized spacial score (nSPS) is 11.3. The molecule has 0 N–H and O–H groups in total. The quantitative estimate of drug-likeness (QED) is 0.164. The van der Waals surface area contributed by atoms with Crippen molar-refractivity contribution in [1.82, 2.24) is 24.9 Å². The Morgan fingerprint density at radius 3 is 1.38 bits per heavy atom. The van der Waals surface area contributed by atoms with Gasteiger partial charge in [-0.15, -0.1) is 11.3 Å². The molecule has 0 aliphatic rings. The topological polar surface area (TPSA) is 64.5 Å². The van der Waals surface area contributed by atoms with Gasteiger partial charge in [-0.3, -0.25) is 0 Å². The van der Waals surface area contributed by atoms with E-state index in [0.29, 0.717) is 23.3 Å². The number of thiophene rings is 1. The maximum absolute atomic E-state index is 5.08. The van der Waals surface area contributed by atoms with Gasteiger partial charge in [-0.25, -0.2) is 24.9 Å². The molecule has 10 rings (SSSR count). The van der Waals surface area contributed by atoms with Gasteiger partial charge in [0.15, 0.2) is 23.3 Å². The van der Waals surface area contributed by atoms with Crippen LogP contribution in [0.5, 0.6) is 0 Å². The third-order valence-corrected chi connectivity index (χ3v) is 11.0. The molecule has 0 atom stereocenters. The molecule has 7 aromatic carbocycles. The van der Waals surface area contributed by atoms with Gasteiger partial charge in [0.25, 0.3) is 0 Å². The minimum absolute atomic E-state index is 0.653. The molecule has 0 saturated carbocycles. The van der Waals surface area contributed by atoms with Crippen molar-refractivity contribution in [3.63, 3.8) is 0 Å². The molecule has 3 aromatic heterocycles. The van der Waals surface area contributed by atoms with Crippen LogP contribution in [0.25, 0.3) is 99.4 Å². The highest BCUT2D eigenvalue weighted by Gasteiger charge is 2.17. The lowest BCUT2D eigenvalue weighted by Crippen LogP contribution is -2.00. The zero-order valence-corrected chi connectivity index (χ0v) is 30.4. The minimum atomic E-state index is 0.653. The summed E-state index contributed by atoms with van der Waals surface area (Å²) in [5, 5.41) is 2.37. The van der Waals surface area contributed by atoms with Crippen molar-refractivity contribution in [3.8, 4) is 79.2 Å². The number of hydrogen-bond donors (Lipinski definition) is 0. The molecule has 55 heavy (non-hydrogen) atoms. The molecular weight excluding hydrogens is 691 g/mol. The molecule has 10 aromatic rings. The molecule has 0 aliphatic heterocycles. The standard InChI is InChI=1S/C49H31N5S/c1-5-15-32(16-6-1)42-31-43(51-46(50-42)33-17-7-2-8-18-33)38-24-13-23-36(29-38)37-27-28-44-41(30-37)39-25-14-26-40(45(39)55-44)49-53-47(34-19-9-3-10-20-34)52-48(54-49)35-21-11-4-12-22-35/h1-31H. The zero-order valence-electron chi connectivity index (χ0n) is 29.5. The summed E-state index contributed by atoms with van der Waals surface area (Å²) in [5.74, 6) is 2.67. The van der Waals surface area contributed by atoms with E-state index in [1.54, 1.807) is 11.3 Å². The Balaban J connectivity index is 1.07. The Hall–Kier alpha value is -7.15. The third kappa shape index (κ3) is 6.35. The van der Waals surface area contributed by atoms with Crippen LogP contribution in [0.1, 0.15) is 0 Å². The van der Waals surface area contributed by atoms with Crippen LogP contribution in [0.2, 0.25) is 0 Å². The maximum Gasteiger partial charge on any atom is 0.165 e. The van der Waals surface area contributed by atoms with Gasteiger partial charge in [0.1, 0.15) is 0 Å². The summed E-state index contributed by atoms with van der Waals surface area (Å²) in [6, 6.07) is 64.6. The van der Waals surface area contributed by atoms with E-state index in [0.717, 1.165) is 60.6 Å². The lowest BCUT2D eigenvalue weighted by atomic mass is 9.99. The lowest BCUT2D eigenvalue weighted by Gasteiger charge is -2.11. The molecule has 0 aliphatic carbocycles. The highest BCUT2D eigenvalue weighted by Crippen LogP contribution is 2.41. The smallest absolute Gasteiger partial charge is 0.165 e. The number of fused-ring (bicyclic) bond motifs is 3. The molecule has 0 bridgehead atoms. The van der Waals surface area contributed by atoms with Crippen LogP contribution in [0.15, 0.2) is 188 Å². The van der Waals surface area contributed by atoms with Crippen molar-refractivity contribution in [3.05, 3.63) is 188 Å². The van der Waals surface area contributed by atoms with Crippen LogP contribution in [0.3, 0.4) is 0 Å². The van der Waals surface area contributed by atoms with E-state index in [4.69, 9.17) is 24.9 Å². The van der Waals surface area contributed by atoms with E-state index in [1.807, 2.05) is 97.1 Å². The SMILES string of the molecule is c1ccc(-c2cc(-c3cccc(-c4ccc5sc6c(-c7nc(-c8ccccc8)nc(-c8ccccc8)n7)cccc6c5c4)c3)nc(-c3ccccc3)n2)cc1. The van der Waals surface area contributed by atoms with E-state index in [9.17, 15) is 0 Å². The third-order valence-electron chi connectivity index (χ3n) is 9.76. The van der Waals surface area contributed by atoms with Gasteiger partial charge in [-0.1, -0.05) is 158 Å². The van der Waals surface area contributed by atoms with Gasteiger partial charge >= 0.3 is 0 Å². The van der Waals surface area contributed by atoms with Crippen molar-refractivity contribution < 1.29 is 0 Å². The first-order valence-electron chi connectivity index (χ1n) is 18.2. The summed E-state index contributed by atoms with van der Waals surface area (Å²) in [7, 11) is 0. The summed E-state index contributed by atoms with van der Waals surface area (Å²) < 4.78 is 2.36. The van der Waals surface area contributed by atoms with Crippen molar-refractivity contribution in [2.24, 2.45) is 0 Å². The van der Waals surface area contributed by atoms with Gasteiger partial charge in [0.2, 0.25) is 0 Å². The Morgan fingerprint density at radius 1 is 0.291 bits per heavy atom. The second kappa shape index (κ2) is 14.0. The number of benzene rings is 7. The van der Waals surface area contributed by atoms with Crippen LogP contribution in [-0.2, 0) is 0 Å². The van der Waals surface area contributed by atoms with E-state index in [-0.39, 0.29) is 0 Å². The molecule has 258 valence electrons. The van der Waals surface area contributed by atoms with Crippen molar-refractivity contribution >= 4 is 31.5 Å². The van der Waals surface area contributed by atoms with Crippen LogP contribution >= 0.6 is 11.3 Å². The first kappa shape index (κ1) is 32.5. The molecule has 3 heterocycles. The molecule has 6 heteroatoms. The summed E-state index contributed by atoms with van der Waals surface area (Å²) in [6.45, 7) is 0. The van der Waals surface area contributed by atoms with Crippen LogP contribution in [0.4, 0.5) is 0 Å². The first-order valence-corrected chi connectivity index (χ1v) is 19.0. The van der Waals surface area contributed by atoms with Crippen LogP contribution in [-0.4, -0.2) is 24.9 Å². The molecule has 0 amide bonds. The minimum Gasteiger partial charge on any atom is -0.228 e.